The van der Waals surface area contributed by atoms with Gasteiger partial charge in [-0.25, -0.2) is 9.59 Å². The van der Waals surface area contributed by atoms with Crippen molar-refractivity contribution < 1.29 is 19.1 Å². The van der Waals surface area contributed by atoms with Crippen LogP contribution in [0.25, 0.3) is 0 Å². The number of ether oxygens (including phenoxy) is 2. The summed E-state index contributed by atoms with van der Waals surface area (Å²) in [4.78, 5) is 35.3. The predicted octanol–water partition coefficient (Wildman–Crippen LogP) is 16.0. The second-order valence-electron chi connectivity index (χ2n) is 19.8. The number of hydrogen-bond donors (Lipinski definition) is 0. The van der Waals surface area contributed by atoms with Crippen molar-refractivity contribution in [3.63, 3.8) is 0 Å². The average Bonchev–Trinajstić information content (AvgIpc) is 3.36. The van der Waals surface area contributed by atoms with E-state index in [9.17, 15) is 9.59 Å². The van der Waals surface area contributed by atoms with Gasteiger partial charge < -0.3 is 9.47 Å². The van der Waals surface area contributed by atoms with Gasteiger partial charge in [-0.1, -0.05) is 181 Å². The van der Waals surface area contributed by atoms with Crippen molar-refractivity contribution in [3.8, 4) is 0 Å². The topological polar surface area (TPSA) is 77.3 Å². The number of carbonyl (C=O) groups is 2. The molecule has 0 aliphatic heterocycles. The molecular formula is C60H104N4O4+2. The average molecular weight is 946 g/mol. The molecule has 0 bridgehead atoms. The van der Waals surface area contributed by atoms with Crippen molar-refractivity contribution in [3.05, 3.63) is 59.7 Å². The quantitative estimate of drug-likeness (QED) is 0.0287. The number of esters is 2. The van der Waals surface area contributed by atoms with Crippen LogP contribution in [-0.2, 0) is 19.1 Å². The van der Waals surface area contributed by atoms with Gasteiger partial charge in [0.05, 0.1) is 52.5 Å². The largest absolute Gasteiger partial charge is 0.462 e. The third-order valence-electron chi connectivity index (χ3n) is 14.5. The van der Waals surface area contributed by atoms with Crippen LogP contribution in [0.2, 0.25) is 0 Å². The molecule has 2 aromatic rings. The number of rotatable bonds is 45. The molecule has 0 unspecified atom stereocenters. The van der Waals surface area contributed by atoms with Gasteiger partial charge >= 0.3 is 11.9 Å². The summed E-state index contributed by atoms with van der Waals surface area (Å²) in [5.74, 6) is -0.218. The Labute approximate surface area is 418 Å². The third kappa shape index (κ3) is 27.1. The van der Waals surface area contributed by atoms with Crippen LogP contribution in [0.5, 0.6) is 0 Å². The predicted molar refractivity (Wildman–Crippen MR) is 296 cm³/mol. The van der Waals surface area contributed by atoms with E-state index in [0.29, 0.717) is 48.4 Å². The molecule has 0 spiro atoms. The van der Waals surface area contributed by atoms with Crippen molar-refractivity contribution in [1.29, 1.82) is 0 Å². The molecule has 0 atom stereocenters. The van der Waals surface area contributed by atoms with E-state index in [2.05, 4.69) is 100 Å². The molecule has 0 aromatic heterocycles. The first kappa shape index (κ1) is 60.8. The first-order valence-corrected chi connectivity index (χ1v) is 28.6. The Hall–Kier alpha value is -3.36. The highest BCUT2D eigenvalue weighted by molar-refractivity contribution is 5.82. The fourth-order valence-electron chi connectivity index (χ4n) is 9.57. The standard InChI is InChI=1S/C60H104N4O4/c1-7-13-15-17-19-21-23-25-27-29-31-33-35-37-49-67-59(65)53-63(9-3,10-4)57-43-39-55(40-44-57)51-61-47-48-62-52-56-41-45-58(46-42-56)64(11-5,12-6)54-60(66)68-50-38-36-34-32-30-28-26-24-22-20-18-16-14-8-2/h39-46,51-52H,7-38,47-50,53-54H2,1-6H3/q+2. The molecule has 0 N–H and O–H groups in total. The molecule has 0 aliphatic carbocycles. The maximum Gasteiger partial charge on any atom is 0.362 e. The normalized spacial score (nSPS) is 12.1. The molecule has 8 heteroatoms. The van der Waals surface area contributed by atoms with Gasteiger partial charge in [-0.05, 0) is 100 Å². The van der Waals surface area contributed by atoms with Crippen molar-refractivity contribution in [2.75, 3.05) is 65.6 Å². The fourth-order valence-corrected chi connectivity index (χ4v) is 9.57. The molecule has 0 radical (unpaired) electrons. The summed E-state index contributed by atoms with van der Waals surface area (Å²) in [6.07, 6.45) is 40.7. The zero-order valence-corrected chi connectivity index (χ0v) is 45.1. The Morgan fingerprint density at radius 1 is 0.382 bits per heavy atom. The molecule has 0 amide bonds. The van der Waals surface area contributed by atoms with Gasteiger partial charge in [0.2, 0.25) is 0 Å². The van der Waals surface area contributed by atoms with Crippen LogP contribution in [0.3, 0.4) is 0 Å². The fraction of sp³-hybridized carbons (Fsp3) is 0.733. The van der Waals surface area contributed by atoms with E-state index in [1.807, 2.05) is 12.4 Å². The number of quaternary nitrogens is 2. The maximum atomic E-state index is 13.0. The molecule has 8 nitrogen and oxygen atoms in total. The van der Waals surface area contributed by atoms with Crippen molar-refractivity contribution in [2.24, 2.45) is 9.98 Å². The van der Waals surface area contributed by atoms with Gasteiger partial charge in [0.1, 0.15) is 11.4 Å². The molecular weight excluding hydrogens is 841 g/mol. The van der Waals surface area contributed by atoms with Crippen LogP contribution in [0.4, 0.5) is 11.4 Å². The lowest BCUT2D eigenvalue weighted by molar-refractivity contribution is -0.145. The van der Waals surface area contributed by atoms with Gasteiger partial charge in [0.25, 0.3) is 0 Å². The molecule has 0 heterocycles. The number of benzene rings is 2. The van der Waals surface area contributed by atoms with E-state index in [1.165, 1.54) is 154 Å². The van der Waals surface area contributed by atoms with E-state index >= 15 is 0 Å². The molecule has 2 aromatic carbocycles. The highest BCUT2D eigenvalue weighted by atomic mass is 16.5. The molecule has 68 heavy (non-hydrogen) atoms. The van der Waals surface area contributed by atoms with Crippen LogP contribution in [0.15, 0.2) is 58.5 Å². The van der Waals surface area contributed by atoms with Crippen LogP contribution in [0, 0.1) is 0 Å². The van der Waals surface area contributed by atoms with Crippen LogP contribution < -0.4 is 8.97 Å². The molecule has 2 rings (SSSR count). The Kier molecular flexibility index (Phi) is 36.1. The van der Waals surface area contributed by atoms with Crippen molar-refractivity contribution in [1.82, 2.24) is 8.97 Å². The number of aliphatic imine (C=N–C) groups is 2. The van der Waals surface area contributed by atoms with E-state index in [-0.39, 0.29) is 11.9 Å². The first-order chi connectivity index (χ1) is 33.3. The van der Waals surface area contributed by atoms with Gasteiger partial charge in [0.15, 0.2) is 13.1 Å². The van der Waals surface area contributed by atoms with E-state index in [0.717, 1.165) is 74.4 Å². The zero-order chi connectivity index (χ0) is 49.2. The minimum Gasteiger partial charge on any atom is -0.462 e. The molecule has 0 saturated carbocycles. The van der Waals surface area contributed by atoms with Crippen LogP contribution in [-0.4, -0.2) is 89.9 Å². The highest BCUT2D eigenvalue weighted by Gasteiger charge is 2.32. The number of hydrogen-bond acceptors (Lipinski definition) is 6. The molecule has 0 fully saturated rings. The van der Waals surface area contributed by atoms with E-state index in [4.69, 9.17) is 9.47 Å². The van der Waals surface area contributed by atoms with Crippen molar-refractivity contribution >= 4 is 35.7 Å². The van der Waals surface area contributed by atoms with Gasteiger partial charge in [-0.2, -0.15) is 0 Å². The number of unbranched alkanes of at least 4 members (excludes halogenated alkanes) is 26. The Morgan fingerprint density at radius 3 is 0.882 bits per heavy atom. The van der Waals surface area contributed by atoms with Gasteiger partial charge in [0, 0.05) is 12.4 Å². The summed E-state index contributed by atoms with van der Waals surface area (Å²) < 4.78 is 12.6. The number of carbonyl (C=O) groups excluding carboxylic acids is 2. The lowest BCUT2D eigenvalue weighted by Gasteiger charge is -2.35. The summed E-state index contributed by atoms with van der Waals surface area (Å²) in [6, 6.07) is 16.9. The Balaban J connectivity index is 1.66. The number of likely N-dealkylation sites (N-methyl/N-ethyl adjacent to an activating group) is 2. The second kappa shape index (κ2) is 40.4. The summed E-state index contributed by atoms with van der Waals surface area (Å²) in [5, 5.41) is 0. The van der Waals surface area contributed by atoms with Crippen LogP contribution in [0.1, 0.15) is 232 Å². The molecule has 0 saturated heterocycles. The molecule has 0 aliphatic rings. The Bertz CT molecular complexity index is 1450. The lowest BCUT2D eigenvalue weighted by Crippen LogP contribution is -2.52. The zero-order valence-electron chi connectivity index (χ0n) is 45.1. The SMILES string of the molecule is CCCCCCCCCCCCCCCCOC(=O)C[N+](CC)(CC)c1ccc(C=NCCN=Cc2ccc([N+](CC)(CC)CC(=O)OCCCCCCCCCCCCCCCC)cc2)cc1. The van der Waals surface area contributed by atoms with E-state index < -0.39 is 0 Å². The smallest absolute Gasteiger partial charge is 0.362 e. The molecule has 386 valence electrons. The maximum absolute atomic E-state index is 13.0. The summed E-state index contributed by atoms with van der Waals surface area (Å²) in [7, 11) is 0. The monoisotopic (exact) mass is 945 g/mol. The summed E-state index contributed by atoms with van der Waals surface area (Å²) in [6.45, 7) is 19.4. The minimum absolute atomic E-state index is 0.109. The van der Waals surface area contributed by atoms with Crippen LogP contribution >= 0.6 is 0 Å². The number of nitrogens with zero attached hydrogens (tertiary/aromatic N) is 4. The summed E-state index contributed by atoms with van der Waals surface area (Å²) >= 11 is 0. The Morgan fingerprint density at radius 2 is 0.632 bits per heavy atom. The van der Waals surface area contributed by atoms with E-state index in [1.54, 1.807) is 0 Å². The first-order valence-electron chi connectivity index (χ1n) is 28.6. The van der Waals surface area contributed by atoms with Gasteiger partial charge in [-0.15, -0.1) is 0 Å². The van der Waals surface area contributed by atoms with Crippen molar-refractivity contribution in [2.45, 2.75) is 221 Å². The highest BCUT2D eigenvalue weighted by Crippen LogP contribution is 2.25. The second-order valence-corrected chi connectivity index (χ2v) is 19.8. The minimum atomic E-state index is -0.109. The van der Waals surface area contributed by atoms with Gasteiger partial charge in [-0.3, -0.25) is 19.0 Å². The third-order valence-corrected chi connectivity index (χ3v) is 14.5. The summed E-state index contributed by atoms with van der Waals surface area (Å²) in [5.41, 5.74) is 4.32. The lowest BCUT2D eigenvalue weighted by atomic mass is 10.0.